The lowest BCUT2D eigenvalue weighted by atomic mass is 10.1. The molecule has 0 saturated heterocycles. The molecule has 0 spiro atoms. The first kappa shape index (κ1) is 24.4. The van der Waals surface area contributed by atoms with Crippen molar-refractivity contribution in [1.82, 2.24) is 0 Å². The van der Waals surface area contributed by atoms with Crippen LogP contribution in [0.4, 0.5) is 0 Å². The van der Waals surface area contributed by atoms with Gasteiger partial charge in [0.15, 0.2) is 24.8 Å². The molecule has 0 N–H and O–H groups in total. The van der Waals surface area contributed by atoms with Crippen LogP contribution < -0.4 is 9.13 Å². The molecule has 1 aliphatic rings. The van der Waals surface area contributed by atoms with Crippen molar-refractivity contribution in [3.05, 3.63) is 84.5 Å². The number of allylic oxidation sites excluding steroid dienone is 4. The van der Waals surface area contributed by atoms with E-state index in [2.05, 4.69) is 82.5 Å². The van der Waals surface area contributed by atoms with Crippen molar-refractivity contribution in [3.63, 3.8) is 0 Å². The first-order chi connectivity index (χ1) is 15.9. The fraction of sp³-hybridized carbons (Fsp3) is 0.533. The monoisotopic (exact) mass is 432 g/mol. The van der Waals surface area contributed by atoms with Crippen molar-refractivity contribution < 1.29 is 9.13 Å². The molecule has 172 valence electrons. The number of rotatable bonds is 0. The summed E-state index contributed by atoms with van der Waals surface area (Å²) >= 11 is 0. The van der Waals surface area contributed by atoms with Crippen molar-refractivity contribution >= 4 is 0 Å². The predicted molar refractivity (Wildman–Crippen MR) is 134 cm³/mol. The second kappa shape index (κ2) is 15.6. The summed E-state index contributed by atoms with van der Waals surface area (Å²) in [7, 11) is 0. The largest absolute Gasteiger partial charge is 0.205 e. The Kier molecular flexibility index (Phi) is 11.9. The summed E-state index contributed by atoms with van der Waals surface area (Å²) < 4.78 is 4.77. The van der Waals surface area contributed by atoms with E-state index in [1.165, 1.54) is 75.3 Å². The Morgan fingerprint density at radius 1 is 0.469 bits per heavy atom. The fourth-order valence-corrected chi connectivity index (χ4v) is 4.52. The van der Waals surface area contributed by atoms with Gasteiger partial charge in [-0.05, 0) is 76.3 Å². The molecule has 0 unspecified atom stereocenters. The number of hydrogen-bond donors (Lipinski definition) is 0. The number of aromatic nitrogens is 2. The van der Waals surface area contributed by atoms with E-state index in [1.54, 1.807) is 0 Å². The molecule has 0 radical (unpaired) electrons. The number of hydrogen-bond acceptors (Lipinski definition) is 0. The Bertz CT molecular complexity index is 752. The van der Waals surface area contributed by atoms with Gasteiger partial charge in [0, 0.05) is 36.1 Å². The maximum absolute atomic E-state index is 2.40. The van der Waals surface area contributed by atoms with Gasteiger partial charge in [0.2, 0.25) is 0 Å². The number of pyridine rings is 2. The highest BCUT2D eigenvalue weighted by atomic mass is 14.9. The average Bonchev–Trinajstić information content (AvgIpc) is 2.81. The Balaban J connectivity index is 1.47. The molecule has 2 aromatic rings. The minimum atomic E-state index is 1.15. The standard InChI is InChI=1S/C30H44N2/c1-3-7-11-15-23-31-25-18-22-30(28-31)20-14-10-6-2-4-8-12-16-24-32-26-17-21-29(27-32)19-13-9-5-1/h5-6,9-10,17-18,21-22,25-28H,1-4,7-8,11-16,19-20,23-24H2/q+2/b9-5-,10-6?. The van der Waals surface area contributed by atoms with Crippen molar-refractivity contribution in [2.24, 2.45) is 0 Å². The zero-order chi connectivity index (χ0) is 22.1. The first-order valence-corrected chi connectivity index (χ1v) is 13.2. The van der Waals surface area contributed by atoms with Gasteiger partial charge in [0.05, 0.1) is 0 Å². The molecule has 1 aliphatic heterocycles. The van der Waals surface area contributed by atoms with Crippen LogP contribution in [-0.2, 0) is 25.9 Å². The molecular weight excluding hydrogens is 388 g/mol. The van der Waals surface area contributed by atoms with E-state index < -0.39 is 0 Å². The molecular formula is C30H44N2+2. The van der Waals surface area contributed by atoms with Crippen LogP contribution in [0.2, 0.25) is 0 Å². The Morgan fingerprint density at radius 2 is 0.906 bits per heavy atom. The highest BCUT2D eigenvalue weighted by molar-refractivity contribution is 5.07. The van der Waals surface area contributed by atoms with E-state index in [4.69, 9.17) is 0 Å². The van der Waals surface area contributed by atoms with Crippen LogP contribution in [0.1, 0.15) is 88.2 Å². The van der Waals surface area contributed by atoms with Crippen LogP contribution in [0.5, 0.6) is 0 Å². The average molecular weight is 433 g/mol. The number of fused-ring (bicyclic) bond motifs is 4. The number of nitrogens with zero attached hydrogens (tertiary/aromatic N) is 2. The fourth-order valence-electron chi connectivity index (χ4n) is 4.52. The summed E-state index contributed by atoms with van der Waals surface area (Å²) in [5.41, 5.74) is 2.93. The predicted octanol–water partition coefficient (Wildman–Crippen LogP) is 6.85. The van der Waals surface area contributed by atoms with E-state index in [1.807, 2.05) is 0 Å². The smallest absolute Gasteiger partial charge is 0.171 e. The summed E-state index contributed by atoms with van der Waals surface area (Å²) in [5.74, 6) is 0. The van der Waals surface area contributed by atoms with Gasteiger partial charge in [-0.3, -0.25) is 0 Å². The Hall–Kier alpha value is -2.22. The molecule has 32 heavy (non-hydrogen) atoms. The summed E-state index contributed by atoms with van der Waals surface area (Å²) in [6, 6.07) is 8.98. The molecule has 2 aromatic heterocycles. The molecule has 0 aromatic carbocycles. The maximum Gasteiger partial charge on any atom is 0.171 e. The van der Waals surface area contributed by atoms with Gasteiger partial charge in [-0.1, -0.05) is 37.1 Å². The summed E-state index contributed by atoms with van der Waals surface area (Å²) in [6.45, 7) is 2.30. The van der Waals surface area contributed by atoms with Gasteiger partial charge in [-0.25, -0.2) is 9.13 Å². The molecule has 4 bridgehead atoms. The molecule has 0 fully saturated rings. The normalized spacial score (nSPS) is 19.2. The van der Waals surface area contributed by atoms with Gasteiger partial charge in [-0.15, -0.1) is 0 Å². The lowest BCUT2D eigenvalue weighted by Gasteiger charge is -2.02. The maximum atomic E-state index is 2.40. The van der Waals surface area contributed by atoms with Crippen molar-refractivity contribution in [2.45, 2.75) is 103 Å². The van der Waals surface area contributed by atoms with E-state index in [0.717, 1.165) is 38.8 Å². The first-order valence-electron chi connectivity index (χ1n) is 13.2. The second-order valence-corrected chi connectivity index (χ2v) is 9.33. The Morgan fingerprint density at radius 3 is 1.41 bits per heavy atom. The van der Waals surface area contributed by atoms with Crippen molar-refractivity contribution in [1.29, 1.82) is 0 Å². The van der Waals surface area contributed by atoms with E-state index in [-0.39, 0.29) is 0 Å². The van der Waals surface area contributed by atoms with E-state index in [0.29, 0.717) is 0 Å². The molecule has 0 aliphatic carbocycles. The Labute approximate surface area is 196 Å². The molecule has 3 rings (SSSR count). The number of aryl methyl sites for hydroxylation is 4. The van der Waals surface area contributed by atoms with Gasteiger partial charge in [0.25, 0.3) is 0 Å². The molecule has 0 amide bonds. The van der Waals surface area contributed by atoms with Gasteiger partial charge >= 0.3 is 0 Å². The van der Waals surface area contributed by atoms with E-state index >= 15 is 0 Å². The molecule has 2 heteroatoms. The quantitative estimate of drug-likeness (QED) is 0.317. The minimum absolute atomic E-state index is 1.15. The second-order valence-electron chi connectivity index (χ2n) is 9.33. The lowest BCUT2D eigenvalue weighted by Crippen LogP contribution is -2.33. The summed E-state index contributed by atoms with van der Waals surface area (Å²) in [6.07, 6.45) is 36.4. The lowest BCUT2D eigenvalue weighted by molar-refractivity contribution is -0.697. The zero-order valence-corrected chi connectivity index (χ0v) is 20.1. The van der Waals surface area contributed by atoms with Gasteiger partial charge in [-0.2, -0.15) is 0 Å². The van der Waals surface area contributed by atoms with Crippen LogP contribution >= 0.6 is 0 Å². The van der Waals surface area contributed by atoms with Gasteiger partial charge < -0.3 is 0 Å². The van der Waals surface area contributed by atoms with Gasteiger partial charge in [0.1, 0.15) is 13.1 Å². The van der Waals surface area contributed by atoms with Crippen LogP contribution in [0.25, 0.3) is 0 Å². The third-order valence-corrected chi connectivity index (χ3v) is 6.45. The third kappa shape index (κ3) is 10.4. The highest BCUT2D eigenvalue weighted by Gasteiger charge is 2.04. The van der Waals surface area contributed by atoms with Crippen molar-refractivity contribution in [3.8, 4) is 0 Å². The summed E-state index contributed by atoms with van der Waals surface area (Å²) in [5, 5.41) is 0. The zero-order valence-electron chi connectivity index (χ0n) is 20.1. The van der Waals surface area contributed by atoms with Crippen LogP contribution in [0.15, 0.2) is 73.4 Å². The van der Waals surface area contributed by atoms with Crippen molar-refractivity contribution in [2.75, 3.05) is 0 Å². The molecule has 0 saturated carbocycles. The summed E-state index contributed by atoms with van der Waals surface area (Å²) in [4.78, 5) is 0. The van der Waals surface area contributed by atoms with E-state index in [9.17, 15) is 0 Å². The third-order valence-electron chi connectivity index (χ3n) is 6.45. The highest BCUT2D eigenvalue weighted by Crippen LogP contribution is 2.08. The van der Waals surface area contributed by atoms with Crippen LogP contribution in [-0.4, -0.2) is 0 Å². The van der Waals surface area contributed by atoms with Crippen LogP contribution in [0.3, 0.4) is 0 Å². The molecule has 3 heterocycles. The molecule has 2 nitrogen and oxygen atoms in total. The van der Waals surface area contributed by atoms with Crippen LogP contribution in [0, 0.1) is 0 Å². The SMILES string of the molecule is C1=CCCc2ccc[n+](c2)CCCCCC/C=C\CCc2ccc[n+](c2)CCCCCC1. The topological polar surface area (TPSA) is 7.76 Å². The minimum Gasteiger partial charge on any atom is -0.205 e. The molecule has 0 atom stereocenters.